The van der Waals surface area contributed by atoms with Gasteiger partial charge in [0, 0.05) is 12.0 Å². The summed E-state index contributed by atoms with van der Waals surface area (Å²) in [5.74, 6) is 0.739. The molecule has 0 aliphatic carbocycles. The molecule has 39 heavy (non-hydrogen) atoms. The molecule has 208 valence electrons. The lowest BCUT2D eigenvalue weighted by Crippen LogP contribution is -2.36. The Morgan fingerprint density at radius 1 is 1.15 bits per heavy atom. The van der Waals surface area contributed by atoms with Gasteiger partial charge in [-0.15, -0.1) is 5.53 Å². The monoisotopic (exact) mass is 553 g/mol. The van der Waals surface area contributed by atoms with E-state index in [9.17, 15) is 13.2 Å². The van der Waals surface area contributed by atoms with Gasteiger partial charge >= 0.3 is 0 Å². The Kier molecular flexibility index (Phi) is 7.62. The molecule has 5 N–H and O–H groups in total. The molecule has 3 aromatic rings. The van der Waals surface area contributed by atoms with E-state index >= 15 is 0 Å². The minimum absolute atomic E-state index is 0.220. The van der Waals surface area contributed by atoms with Crippen LogP contribution in [0.3, 0.4) is 0 Å². The quantitative estimate of drug-likeness (QED) is 0.282. The van der Waals surface area contributed by atoms with Crippen LogP contribution in [0.5, 0.6) is 5.75 Å². The van der Waals surface area contributed by atoms with Gasteiger partial charge in [-0.05, 0) is 47.7 Å². The molecule has 1 aromatic heterocycles. The highest BCUT2D eigenvalue weighted by molar-refractivity contribution is 7.92. The first-order valence-corrected chi connectivity index (χ1v) is 14.4. The molecule has 1 aliphatic heterocycles. The van der Waals surface area contributed by atoms with Gasteiger partial charge in [0.15, 0.2) is 5.75 Å². The Hall–Kier alpha value is -4.03. The van der Waals surface area contributed by atoms with Crippen molar-refractivity contribution in [3.8, 4) is 5.75 Å². The Bertz CT molecular complexity index is 1540. The molecule has 2 aromatic carbocycles. The van der Waals surface area contributed by atoms with E-state index in [2.05, 4.69) is 31.0 Å². The number of methoxy groups -OCH3 is 1. The summed E-state index contributed by atoms with van der Waals surface area (Å²) in [5, 5.41) is 4.71. The molecule has 1 aliphatic rings. The lowest BCUT2D eigenvalue weighted by Gasteiger charge is -2.24. The van der Waals surface area contributed by atoms with E-state index in [1.54, 1.807) is 35.5 Å². The predicted octanol–water partition coefficient (Wildman–Crippen LogP) is 4.04. The standard InChI is InChI=1S/C27H35N7O4S/c1-8-24-28-14-21(29-24)22-15-34(33-31-22)23-11-17(10-9-16(23)2)26(35)30-19-12-18(27(3,4)5)13-20(25(19)38-6)32-39(7,36)37/h9-15,31-33H,8H2,1-7H3,(H,28,29)(H,30,35). The topological polar surface area (TPSA) is 140 Å². The van der Waals surface area contributed by atoms with Crippen LogP contribution >= 0.6 is 0 Å². The molecule has 12 heteroatoms. The van der Waals surface area contributed by atoms with E-state index in [1.165, 1.54) is 7.11 Å². The number of anilines is 3. The van der Waals surface area contributed by atoms with Crippen LogP contribution in [0.2, 0.25) is 0 Å². The molecule has 0 saturated heterocycles. The van der Waals surface area contributed by atoms with Crippen LogP contribution in [0.25, 0.3) is 5.70 Å². The van der Waals surface area contributed by atoms with Crippen molar-refractivity contribution >= 4 is 38.7 Å². The molecule has 0 fully saturated rings. The zero-order valence-electron chi connectivity index (χ0n) is 23.2. The average Bonchev–Trinajstić information content (AvgIpc) is 3.52. The minimum atomic E-state index is -3.59. The number of hydrogen-bond donors (Lipinski definition) is 5. The molecule has 0 atom stereocenters. The van der Waals surface area contributed by atoms with E-state index in [1.807, 2.05) is 46.9 Å². The largest absolute Gasteiger partial charge is 0.492 e. The second-order valence-electron chi connectivity index (χ2n) is 10.4. The van der Waals surface area contributed by atoms with Crippen molar-refractivity contribution in [3.63, 3.8) is 0 Å². The predicted molar refractivity (Wildman–Crippen MR) is 154 cm³/mol. The second-order valence-corrected chi connectivity index (χ2v) is 12.2. The first kappa shape index (κ1) is 28.0. The maximum atomic E-state index is 13.5. The van der Waals surface area contributed by atoms with E-state index in [0.29, 0.717) is 11.3 Å². The number of ether oxygens (including phenoxy) is 1. The Labute approximate surface area is 229 Å². The molecule has 0 radical (unpaired) electrons. The zero-order chi connectivity index (χ0) is 28.5. The third kappa shape index (κ3) is 6.35. The van der Waals surface area contributed by atoms with Gasteiger partial charge in [0.25, 0.3) is 5.91 Å². The van der Waals surface area contributed by atoms with Crippen molar-refractivity contribution in [2.45, 2.75) is 46.5 Å². The maximum Gasteiger partial charge on any atom is 0.255 e. The van der Waals surface area contributed by atoms with Crippen LogP contribution < -0.4 is 30.7 Å². The fourth-order valence-electron chi connectivity index (χ4n) is 4.11. The van der Waals surface area contributed by atoms with Crippen LogP contribution in [-0.4, -0.2) is 37.7 Å². The van der Waals surface area contributed by atoms with Gasteiger partial charge in [0.2, 0.25) is 10.0 Å². The summed E-state index contributed by atoms with van der Waals surface area (Å²) in [4.78, 5) is 21.1. The Morgan fingerprint density at radius 2 is 1.87 bits per heavy atom. The summed E-state index contributed by atoms with van der Waals surface area (Å²) >= 11 is 0. The summed E-state index contributed by atoms with van der Waals surface area (Å²) in [6, 6.07) is 8.90. The number of rotatable bonds is 8. The van der Waals surface area contributed by atoms with Crippen LogP contribution in [-0.2, 0) is 21.9 Å². The van der Waals surface area contributed by atoms with Gasteiger partial charge < -0.3 is 15.0 Å². The normalized spacial score (nSPS) is 13.6. The van der Waals surface area contributed by atoms with E-state index in [4.69, 9.17) is 4.74 Å². The lowest BCUT2D eigenvalue weighted by molar-refractivity contribution is 0.102. The molecule has 0 spiro atoms. The third-order valence-electron chi connectivity index (χ3n) is 6.26. The number of H-pyrrole nitrogens is 1. The van der Waals surface area contributed by atoms with E-state index < -0.39 is 10.0 Å². The Balaban J connectivity index is 1.66. The number of carbonyl (C=O) groups is 1. The van der Waals surface area contributed by atoms with Crippen LogP contribution in [0, 0.1) is 6.92 Å². The number of carbonyl (C=O) groups excluding carboxylic acids is 1. The molecule has 4 rings (SSSR count). The zero-order valence-corrected chi connectivity index (χ0v) is 24.0. The fourth-order valence-corrected chi connectivity index (χ4v) is 4.67. The summed E-state index contributed by atoms with van der Waals surface area (Å²) in [6.45, 7) is 9.99. The van der Waals surface area contributed by atoms with Crippen molar-refractivity contribution in [3.05, 3.63) is 70.9 Å². The van der Waals surface area contributed by atoms with Crippen LogP contribution in [0.4, 0.5) is 17.1 Å². The van der Waals surface area contributed by atoms with Gasteiger partial charge in [0.1, 0.15) is 5.82 Å². The number of benzene rings is 2. The second kappa shape index (κ2) is 10.6. The average molecular weight is 554 g/mol. The lowest BCUT2D eigenvalue weighted by atomic mass is 9.86. The number of imidazole rings is 1. The van der Waals surface area contributed by atoms with Crippen LogP contribution in [0.15, 0.2) is 42.7 Å². The minimum Gasteiger partial charge on any atom is -0.492 e. The first-order chi connectivity index (χ1) is 18.3. The summed E-state index contributed by atoms with van der Waals surface area (Å²) < 4.78 is 32.1. The maximum absolute atomic E-state index is 13.5. The Morgan fingerprint density at radius 3 is 2.49 bits per heavy atom. The van der Waals surface area contributed by atoms with Crippen molar-refractivity contribution in [1.29, 1.82) is 0 Å². The summed E-state index contributed by atoms with van der Waals surface area (Å²) in [7, 11) is -2.16. The highest BCUT2D eigenvalue weighted by Crippen LogP contribution is 2.39. The number of nitrogens with one attached hydrogen (secondary N) is 5. The number of amides is 1. The van der Waals surface area contributed by atoms with E-state index in [0.717, 1.165) is 46.7 Å². The molecule has 1 amide bonds. The fraction of sp³-hybridized carbons (Fsp3) is 0.333. The van der Waals surface area contributed by atoms with Gasteiger partial charge in [-0.3, -0.25) is 20.0 Å². The SMILES string of the molecule is CCc1ncc(C2=CN(c3cc(C(=O)Nc4cc(C(C)(C)C)cc(NS(C)(=O)=O)c4OC)ccc3C)NN2)[nH]1. The highest BCUT2D eigenvalue weighted by Gasteiger charge is 2.23. The molecule has 0 saturated carbocycles. The number of aromatic amines is 1. The van der Waals surface area contributed by atoms with Crippen molar-refractivity contribution < 1.29 is 17.9 Å². The number of aryl methyl sites for hydroxylation is 2. The number of aromatic nitrogens is 2. The van der Waals surface area contributed by atoms with Crippen molar-refractivity contribution in [1.82, 2.24) is 20.9 Å². The number of nitrogens with zero attached hydrogens (tertiary/aromatic N) is 2. The molecule has 11 nitrogen and oxygen atoms in total. The summed E-state index contributed by atoms with van der Waals surface area (Å²) in [6.07, 6.45) is 5.52. The highest BCUT2D eigenvalue weighted by atomic mass is 32.2. The van der Waals surface area contributed by atoms with Crippen molar-refractivity contribution in [2.75, 3.05) is 28.4 Å². The number of hydrogen-bond acceptors (Lipinski definition) is 8. The van der Waals surface area contributed by atoms with Gasteiger partial charge in [-0.2, -0.15) is 0 Å². The number of sulfonamides is 1. The first-order valence-electron chi connectivity index (χ1n) is 12.5. The van der Waals surface area contributed by atoms with Gasteiger partial charge in [-0.25, -0.2) is 13.4 Å². The molecule has 0 bridgehead atoms. The molecule has 0 unspecified atom stereocenters. The third-order valence-corrected chi connectivity index (χ3v) is 6.85. The van der Waals surface area contributed by atoms with Crippen LogP contribution in [0.1, 0.15) is 60.7 Å². The smallest absolute Gasteiger partial charge is 0.255 e. The number of hydrazine groups is 2. The van der Waals surface area contributed by atoms with Crippen molar-refractivity contribution in [2.24, 2.45) is 0 Å². The van der Waals surface area contributed by atoms with Gasteiger partial charge in [0.05, 0.1) is 54.2 Å². The molecular formula is C27H35N7O4S. The molecular weight excluding hydrogens is 518 g/mol. The molecule has 2 heterocycles. The van der Waals surface area contributed by atoms with E-state index in [-0.39, 0.29) is 22.8 Å². The summed E-state index contributed by atoms with van der Waals surface area (Å²) in [5.41, 5.74) is 11.1. The van der Waals surface area contributed by atoms with Gasteiger partial charge in [-0.1, -0.05) is 33.8 Å².